The fraction of sp³-hybridized carbons (Fsp3) is 0.650. The van der Waals surface area contributed by atoms with Gasteiger partial charge in [0.15, 0.2) is 11.5 Å². The topological polar surface area (TPSA) is 46.5 Å². The number of carbonyl (C=O) groups is 1. The molecular weight excluding hydrogens is 288 g/mol. The Bertz CT molecular complexity index is 665. The Kier molecular flexibility index (Phi) is 3.26. The van der Waals surface area contributed by atoms with Crippen molar-refractivity contribution >= 4 is 5.78 Å². The zero-order chi connectivity index (χ0) is 16.4. The SMILES string of the molecule is COc1cc2c(cc1O)CCC1C2CCC2(C)C(=O)C(C)CC12. The van der Waals surface area contributed by atoms with E-state index < -0.39 is 0 Å². The quantitative estimate of drug-likeness (QED) is 0.850. The van der Waals surface area contributed by atoms with Crippen molar-refractivity contribution in [2.45, 2.75) is 51.9 Å². The highest BCUT2D eigenvalue weighted by Gasteiger charge is 2.56. The lowest BCUT2D eigenvalue weighted by Gasteiger charge is -2.48. The highest BCUT2D eigenvalue weighted by atomic mass is 16.5. The summed E-state index contributed by atoms with van der Waals surface area (Å²) in [5.74, 6) is 3.18. The summed E-state index contributed by atoms with van der Waals surface area (Å²) in [6, 6.07) is 3.94. The van der Waals surface area contributed by atoms with Gasteiger partial charge >= 0.3 is 0 Å². The zero-order valence-corrected chi connectivity index (χ0v) is 14.3. The van der Waals surface area contributed by atoms with Crippen molar-refractivity contribution in [3.05, 3.63) is 23.3 Å². The third-order valence-corrected chi connectivity index (χ3v) is 7.03. The highest BCUT2D eigenvalue weighted by Crippen LogP contribution is 2.61. The van der Waals surface area contributed by atoms with Gasteiger partial charge in [0.25, 0.3) is 0 Å². The lowest BCUT2D eigenvalue weighted by molar-refractivity contribution is -0.131. The van der Waals surface area contributed by atoms with E-state index in [1.54, 1.807) is 7.11 Å². The maximum atomic E-state index is 12.7. The Morgan fingerprint density at radius 3 is 2.83 bits per heavy atom. The fourth-order valence-electron chi connectivity index (χ4n) is 5.86. The molecule has 5 atom stereocenters. The number of ketones is 1. The lowest BCUT2D eigenvalue weighted by atomic mass is 9.55. The van der Waals surface area contributed by atoms with E-state index in [9.17, 15) is 9.90 Å². The number of aryl methyl sites for hydroxylation is 1. The summed E-state index contributed by atoms with van der Waals surface area (Å²) in [6.45, 7) is 4.32. The van der Waals surface area contributed by atoms with Crippen LogP contribution in [0.4, 0.5) is 0 Å². The maximum absolute atomic E-state index is 12.7. The van der Waals surface area contributed by atoms with Crippen LogP contribution in [0, 0.1) is 23.2 Å². The molecule has 0 amide bonds. The Labute approximate surface area is 138 Å². The minimum atomic E-state index is -0.0981. The first-order chi connectivity index (χ1) is 11.0. The minimum absolute atomic E-state index is 0.0981. The molecule has 23 heavy (non-hydrogen) atoms. The second-order valence-corrected chi connectivity index (χ2v) is 8.10. The molecule has 3 aliphatic carbocycles. The minimum Gasteiger partial charge on any atom is -0.504 e. The Hall–Kier alpha value is -1.51. The first-order valence-corrected chi connectivity index (χ1v) is 8.89. The van der Waals surface area contributed by atoms with Gasteiger partial charge in [-0.3, -0.25) is 4.79 Å². The highest BCUT2D eigenvalue weighted by molar-refractivity contribution is 5.89. The van der Waals surface area contributed by atoms with Crippen molar-refractivity contribution < 1.29 is 14.6 Å². The summed E-state index contributed by atoms with van der Waals surface area (Å²) in [5, 5.41) is 10.1. The van der Waals surface area contributed by atoms with Crippen LogP contribution in [-0.2, 0) is 11.2 Å². The average molecular weight is 314 g/mol. The molecular formula is C20H26O3. The number of carbonyl (C=O) groups excluding carboxylic acids is 1. The van der Waals surface area contributed by atoms with Crippen molar-refractivity contribution in [2.75, 3.05) is 7.11 Å². The standard InChI is InChI=1S/C20H26O3/c1-11-8-16-14-5-4-12-9-17(21)18(23-3)10-15(12)13(14)6-7-20(16,2)19(11)22/h9-11,13-14,16,21H,4-8H2,1-3H3. The van der Waals surface area contributed by atoms with Crippen LogP contribution >= 0.6 is 0 Å². The predicted octanol–water partition coefficient (Wildman–Crippen LogP) is 4.07. The number of hydrogen-bond acceptors (Lipinski definition) is 3. The number of aromatic hydroxyl groups is 1. The normalized spacial score (nSPS) is 38.7. The van der Waals surface area contributed by atoms with Crippen molar-refractivity contribution in [3.63, 3.8) is 0 Å². The number of phenolic OH excluding ortho intramolecular Hbond substituents is 1. The van der Waals surface area contributed by atoms with Crippen LogP contribution in [0.15, 0.2) is 12.1 Å². The first-order valence-electron chi connectivity index (χ1n) is 8.89. The molecule has 0 heterocycles. The molecule has 4 rings (SSSR count). The van der Waals surface area contributed by atoms with E-state index in [0.717, 1.165) is 32.1 Å². The number of hydrogen-bond donors (Lipinski definition) is 1. The van der Waals surface area contributed by atoms with Crippen LogP contribution in [0.25, 0.3) is 0 Å². The number of methoxy groups -OCH3 is 1. The molecule has 124 valence electrons. The molecule has 0 aromatic heterocycles. The zero-order valence-electron chi connectivity index (χ0n) is 14.3. The molecule has 3 aliphatic rings. The van der Waals surface area contributed by atoms with E-state index in [4.69, 9.17) is 4.74 Å². The molecule has 1 N–H and O–H groups in total. The molecule has 5 unspecified atom stereocenters. The van der Waals surface area contributed by atoms with E-state index in [-0.39, 0.29) is 17.1 Å². The van der Waals surface area contributed by atoms with Gasteiger partial charge in [0, 0.05) is 11.3 Å². The van der Waals surface area contributed by atoms with Gasteiger partial charge in [0.2, 0.25) is 0 Å². The molecule has 0 radical (unpaired) electrons. The molecule has 1 aromatic rings. The predicted molar refractivity (Wildman–Crippen MR) is 88.8 cm³/mol. The van der Waals surface area contributed by atoms with Crippen molar-refractivity contribution in [2.24, 2.45) is 23.2 Å². The molecule has 3 heteroatoms. The lowest BCUT2D eigenvalue weighted by Crippen LogP contribution is -2.42. The Morgan fingerprint density at radius 2 is 2.09 bits per heavy atom. The molecule has 0 spiro atoms. The second-order valence-electron chi connectivity index (χ2n) is 8.10. The summed E-state index contributed by atoms with van der Waals surface area (Å²) >= 11 is 0. The van der Waals surface area contributed by atoms with Crippen LogP contribution in [0.1, 0.15) is 56.6 Å². The van der Waals surface area contributed by atoms with Gasteiger partial charge < -0.3 is 9.84 Å². The number of rotatable bonds is 1. The van der Waals surface area contributed by atoms with E-state index >= 15 is 0 Å². The van der Waals surface area contributed by atoms with Crippen LogP contribution in [0.3, 0.4) is 0 Å². The third-order valence-electron chi connectivity index (χ3n) is 7.03. The molecule has 0 aliphatic heterocycles. The summed E-state index contributed by atoms with van der Waals surface area (Å²) in [5.41, 5.74) is 2.52. The number of fused-ring (bicyclic) bond motifs is 5. The van der Waals surface area contributed by atoms with Crippen molar-refractivity contribution in [1.82, 2.24) is 0 Å². The largest absolute Gasteiger partial charge is 0.504 e. The molecule has 2 saturated carbocycles. The fourth-order valence-corrected chi connectivity index (χ4v) is 5.86. The van der Waals surface area contributed by atoms with E-state index in [2.05, 4.69) is 13.8 Å². The smallest absolute Gasteiger partial charge is 0.160 e. The van der Waals surface area contributed by atoms with Crippen LogP contribution < -0.4 is 4.74 Å². The summed E-state index contributed by atoms with van der Waals surface area (Å²) < 4.78 is 5.33. The van der Waals surface area contributed by atoms with Crippen molar-refractivity contribution in [1.29, 1.82) is 0 Å². The summed E-state index contributed by atoms with van der Waals surface area (Å²) in [4.78, 5) is 12.7. The van der Waals surface area contributed by atoms with Gasteiger partial charge in [-0.15, -0.1) is 0 Å². The van der Waals surface area contributed by atoms with Gasteiger partial charge in [-0.25, -0.2) is 0 Å². The number of phenols is 1. The maximum Gasteiger partial charge on any atom is 0.160 e. The van der Waals surface area contributed by atoms with Gasteiger partial charge in [-0.2, -0.15) is 0 Å². The van der Waals surface area contributed by atoms with E-state index in [1.807, 2.05) is 12.1 Å². The monoisotopic (exact) mass is 314 g/mol. The second kappa shape index (κ2) is 4.99. The van der Waals surface area contributed by atoms with Crippen LogP contribution in [0.5, 0.6) is 11.5 Å². The molecule has 0 bridgehead atoms. The van der Waals surface area contributed by atoms with Crippen LogP contribution in [-0.4, -0.2) is 18.0 Å². The van der Waals surface area contributed by atoms with Crippen LogP contribution in [0.2, 0.25) is 0 Å². The summed E-state index contributed by atoms with van der Waals surface area (Å²) in [7, 11) is 1.61. The van der Waals surface area contributed by atoms with Crippen molar-refractivity contribution in [3.8, 4) is 11.5 Å². The number of ether oxygens (including phenoxy) is 1. The van der Waals surface area contributed by atoms with E-state index in [1.165, 1.54) is 11.1 Å². The number of Topliss-reactive ketones (excluding diaryl/α,β-unsaturated/α-hetero) is 1. The van der Waals surface area contributed by atoms with E-state index in [0.29, 0.717) is 29.3 Å². The Morgan fingerprint density at radius 1 is 1.30 bits per heavy atom. The third kappa shape index (κ3) is 1.98. The van der Waals surface area contributed by atoms with Gasteiger partial charge in [-0.1, -0.05) is 13.8 Å². The Balaban J connectivity index is 1.74. The molecule has 2 fully saturated rings. The average Bonchev–Trinajstić information content (AvgIpc) is 2.77. The van der Waals surface area contributed by atoms with Gasteiger partial charge in [0.1, 0.15) is 5.78 Å². The number of benzene rings is 1. The molecule has 0 saturated heterocycles. The molecule has 1 aromatic carbocycles. The first kappa shape index (κ1) is 15.0. The van der Waals surface area contributed by atoms with Gasteiger partial charge in [0.05, 0.1) is 7.11 Å². The molecule has 3 nitrogen and oxygen atoms in total. The van der Waals surface area contributed by atoms with Gasteiger partial charge in [-0.05, 0) is 73.1 Å². The summed E-state index contributed by atoms with van der Waals surface area (Å²) in [6.07, 6.45) is 5.29.